The first-order valence-corrected chi connectivity index (χ1v) is 13.0. The lowest BCUT2D eigenvalue weighted by atomic mass is 9.94. The number of nitriles is 1. The Kier molecular flexibility index (Phi) is 4.59. The van der Waals surface area contributed by atoms with Gasteiger partial charge in [-0.25, -0.2) is 4.98 Å². The minimum Gasteiger partial charge on any atom is -0.309 e. The maximum atomic E-state index is 9.48. The molecule has 3 nitrogen and oxygen atoms in total. The molecule has 2 heterocycles. The van der Waals surface area contributed by atoms with E-state index in [2.05, 4.69) is 126 Å². The summed E-state index contributed by atoms with van der Waals surface area (Å²) in [5.41, 5.74) is 8.36. The molecule has 8 rings (SSSR count). The van der Waals surface area contributed by atoms with E-state index in [0.29, 0.717) is 5.56 Å². The van der Waals surface area contributed by atoms with Gasteiger partial charge in [-0.05, 0) is 53.4 Å². The van der Waals surface area contributed by atoms with Crippen LogP contribution in [0.2, 0.25) is 0 Å². The Morgan fingerprint density at radius 3 is 2.13 bits per heavy atom. The minimum atomic E-state index is 0.671. The number of hydrogen-bond donors (Lipinski definition) is 0. The number of pyridine rings is 1. The van der Waals surface area contributed by atoms with E-state index in [0.717, 1.165) is 54.9 Å². The highest BCUT2D eigenvalue weighted by molar-refractivity contribution is 6.17. The normalized spacial score (nSPS) is 11.6. The molecule has 0 bridgehead atoms. The van der Waals surface area contributed by atoms with Gasteiger partial charge >= 0.3 is 0 Å². The van der Waals surface area contributed by atoms with Crippen molar-refractivity contribution in [3.63, 3.8) is 0 Å². The topological polar surface area (TPSA) is 41.6 Å². The molecule has 0 spiro atoms. The lowest BCUT2D eigenvalue weighted by molar-refractivity contribution is 1.18. The summed E-state index contributed by atoms with van der Waals surface area (Å²) in [4.78, 5) is 5.11. The molecule has 0 amide bonds. The van der Waals surface area contributed by atoms with Gasteiger partial charge in [-0.1, -0.05) is 84.9 Å². The average molecular weight is 496 g/mol. The van der Waals surface area contributed by atoms with Gasteiger partial charge in [-0.3, -0.25) is 0 Å². The Bertz CT molecular complexity index is 2280. The number of rotatable bonds is 2. The summed E-state index contributed by atoms with van der Waals surface area (Å²) in [5, 5.41) is 16.4. The van der Waals surface area contributed by atoms with Gasteiger partial charge in [-0.2, -0.15) is 5.26 Å². The fraction of sp³-hybridized carbons (Fsp3) is 0. The van der Waals surface area contributed by atoms with Crippen LogP contribution >= 0.6 is 0 Å². The summed E-state index contributed by atoms with van der Waals surface area (Å²) >= 11 is 0. The largest absolute Gasteiger partial charge is 0.309 e. The molecule has 39 heavy (non-hydrogen) atoms. The van der Waals surface area contributed by atoms with Crippen LogP contribution in [0.15, 0.2) is 127 Å². The first-order valence-electron chi connectivity index (χ1n) is 13.0. The number of para-hydroxylation sites is 2. The molecule has 180 valence electrons. The molecule has 8 aromatic rings. The second-order valence-corrected chi connectivity index (χ2v) is 9.93. The zero-order chi connectivity index (χ0) is 25.9. The molecule has 0 aliphatic rings. The molecule has 0 saturated carbocycles. The molecule has 2 aromatic heterocycles. The third-order valence-corrected chi connectivity index (χ3v) is 7.79. The molecule has 0 saturated heterocycles. The smallest absolute Gasteiger partial charge is 0.0991 e. The predicted molar refractivity (Wildman–Crippen MR) is 161 cm³/mol. The van der Waals surface area contributed by atoms with E-state index in [1.165, 1.54) is 16.3 Å². The lowest BCUT2D eigenvalue weighted by Crippen LogP contribution is -1.94. The predicted octanol–water partition coefficient (Wildman–Crippen LogP) is 9.18. The summed E-state index contributed by atoms with van der Waals surface area (Å²) in [6.45, 7) is 0. The fourth-order valence-corrected chi connectivity index (χ4v) is 6.03. The van der Waals surface area contributed by atoms with Crippen LogP contribution in [-0.4, -0.2) is 9.55 Å². The van der Waals surface area contributed by atoms with Gasteiger partial charge in [0.1, 0.15) is 0 Å². The highest BCUT2D eigenvalue weighted by Gasteiger charge is 2.15. The Labute approximate surface area is 224 Å². The summed E-state index contributed by atoms with van der Waals surface area (Å²) in [5.74, 6) is 0. The molecule has 6 aromatic carbocycles. The Balaban J connectivity index is 1.38. The van der Waals surface area contributed by atoms with Crippen molar-refractivity contribution in [1.29, 1.82) is 5.26 Å². The molecule has 3 heteroatoms. The second kappa shape index (κ2) is 8.28. The molecule has 0 radical (unpaired) electrons. The van der Waals surface area contributed by atoms with Gasteiger partial charge in [0.15, 0.2) is 0 Å². The van der Waals surface area contributed by atoms with Crippen LogP contribution in [0.25, 0.3) is 71.2 Å². The number of fused-ring (bicyclic) bond motifs is 7. The van der Waals surface area contributed by atoms with Crippen LogP contribution in [0.1, 0.15) is 5.56 Å². The van der Waals surface area contributed by atoms with Crippen molar-refractivity contribution in [3.05, 3.63) is 133 Å². The van der Waals surface area contributed by atoms with Crippen molar-refractivity contribution >= 4 is 54.4 Å². The minimum absolute atomic E-state index is 0.671. The molecule has 0 N–H and O–H groups in total. The first-order chi connectivity index (χ1) is 19.3. The van der Waals surface area contributed by atoms with Crippen molar-refractivity contribution in [2.24, 2.45) is 0 Å². The molecule has 0 aliphatic heterocycles. The highest BCUT2D eigenvalue weighted by atomic mass is 15.0. The van der Waals surface area contributed by atoms with Crippen LogP contribution in [0.4, 0.5) is 0 Å². The SMILES string of the molecule is N#Cc1ccc2c(c1)c1ccccc1n2-c1ccc(-c2c3ccccc3nc3c2ccc2ccccc23)cc1. The zero-order valence-corrected chi connectivity index (χ0v) is 21.0. The lowest BCUT2D eigenvalue weighted by Gasteiger charge is -2.14. The number of benzene rings is 6. The van der Waals surface area contributed by atoms with E-state index in [9.17, 15) is 5.26 Å². The van der Waals surface area contributed by atoms with Gasteiger partial charge in [0.2, 0.25) is 0 Å². The van der Waals surface area contributed by atoms with Crippen molar-refractivity contribution < 1.29 is 0 Å². The fourth-order valence-electron chi connectivity index (χ4n) is 6.03. The third-order valence-electron chi connectivity index (χ3n) is 7.79. The molecular weight excluding hydrogens is 474 g/mol. The van der Waals surface area contributed by atoms with Crippen LogP contribution < -0.4 is 0 Å². The maximum Gasteiger partial charge on any atom is 0.0991 e. The van der Waals surface area contributed by atoms with Crippen LogP contribution in [0.3, 0.4) is 0 Å². The Hall–Kier alpha value is -5.46. The van der Waals surface area contributed by atoms with Crippen molar-refractivity contribution in [3.8, 4) is 22.9 Å². The third kappa shape index (κ3) is 3.19. The van der Waals surface area contributed by atoms with Crippen molar-refractivity contribution in [2.45, 2.75) is 0 Å². The quantitative estimate of drug-likeness (QED) is 0.177. The molecular formula is C36H21N3. The molecule has 0 unspecified atom stereocenters. The van der Waals surface area contributed by atoms with Crippen LogP contribution in [0, 0.1) is 11.3 Å². The van der Waals surface area contributed by atoms with Crippen LogP contribution in [0.5, 0.6) is 0 Å². The second-order valence-electron chi connectivity index (χ2n) is 9.93. The highest BCUT2D eigenvalue weighted by Crippen LogP contribution is 2.39. The van der Waals surface area contributed by atoms with E-state index in [1.807, 2.05) is 12.1 Å². The van der Waals surface area contributed by atoms with E-state index >= 15 is 0 Å². The maximum absolute atomic E-state index is 9.48. The number of aromatic nitrogens is 2. The zero-order valence-electron chi connectivity index (χ0n) is 21.0. The van der Waals surface area contributed by atoms with E-state index in [4.69, 9.17) is 4.98 Å². The van der Waals surface area contributed by atoms with Crippen LogP contribution in [-0.2, 0) is 0 Å². The number of nitrogens with zero attached hydrogens (tertiary/aromatic N) is 3. The van der Waals surface area contributed by atoms with Gasteiger partial charge in [-0.15, -0.1) is 0 Å². The van der Waals surface area contributed by atoms with E-state index in [-0.39, 0.29) is 0 Å². The summed E-state index contributed by atoms with van der Waals surface area (Å²) in [6, 6.07) is 46.7. The van der Waals surface area contributed by atoms with Crippen molar-refractivity contribution in [1.82, 2.24) is 9.55 Å². The monoisotopic (exact) mass is 495 g/mol. The molecule has 0 atom stereocenters. The van der Waals surface area contributed by atoms with E-state index < -0.39 is 0 Å². The van der Waals surface area contributed by atoms with E-state index in [1.54, 1.807) is 0 Å². The summed E-state index contributed by atoms with van der Waals surface area (Å²) < 4.78 is 2.28. The summed E-state index contributed by atoms with van der Waals surface area (Å²) in [7, 11) is 0. The average Bonchev–Trinajstić information content (AvgIpc) is 3.33. The molecule has 0 fully saturated rings. The van der Waals surface area contributed by atoms with Gasteiger partial charge in [0, 0.05) is 38.2 Å². The van der Waals surface area contributed by atoms with Crippen molar-refractivity contribution in [2.75, 3.05) is 0 Å². The standard InChI is InChI=1S/C36H21N3/c37-22-23-13-20-34-31(21-23)28-9-4-6-12-33(28)39(34)26-17-14-25(15-18-26)35-29-10-3-5-11-32(29)38-36-27-8-2-1-7-24(27)16-19-30(35)36/h1-21H. The summed E-state index contributed by atoms with van der Waals surface area (Å²) in [6.07, 6.45) is 0. The molecule has 0 aliphatic carbocycles. The van der Waals surface area contributed by atoms with Gasteiger partial charge in [0.05, 0.1) is 33.7 Å². The Morgan fingerprint density at radius 1 is 0.564 bits per heavy atom. The first kappa shape index (κ1) is 21.6. The van der Waals surface area contributed by atoms with Gasteiger partial charge < -0.3 is 4.57 Å². The number of hydrogen-bond acceptors (Lipinski definition) is 2. The van der Waals surface area contributed by atoms with Gasteiger partial charge in [0.25, 0.3) is 0 Å². The Morgan fingerprint density at radius 2 is 1.28 bits per heavy atom.